The molecule has 0 unspecified atom stereocenters. The first kappa shape index (κ1) is 27.2. The molecule has 0 atom stereocenters. The van der Waals surface area contributed by atoms with Crippen LogP contribution < -0.4 is 19.8 Å². The summed E-state index contributed by atoms with van der Waals surface area (Å²) in [4.78, 5) is 28.7. The van der Waals surface area contributed by atoms with Crippen LogP contribution in [0.25, 0.3) is 11.0 Å². The smallest absolute Gasteiger partial charge is 0.414 e. The molecule has 4 rings (SSSR count). The largest absolute Gasteiger partial charge is 0.422 e. The third kappa shape index (κ3) is 6.02. The van der Waals surface area contributed by atoms with Crippen molar-refractivity contribution in [2.45, 2.75) is 19.4 Å². The van der Waals surface area contributed by atoms with Crippen LogP contribution in [0.15, 0.2) is 39.5 Å². The number of hydrogen-bond donors (Lipinski definition) is 2. The van der Waals surface area contributed by atoms with Gasteiger partial charge in [0.05, 0.1) is 15.7 Å². The number of likely N-dealkylation sites (tertiary alicyclic amines) is 1. The summed E-state index contributed by atoms with van der Waals surface area (Å²) in [6.45, 7) is 2.25. The number of fused-ring (bicyclic) bond motifs is 1. The van der Waals surface area contributed by atoms with Gasteiger partial charge in [0.15, 0.2) is 5.75 Å². The van der Waals surface area contributed by atoms with Crippen molar-refractivity contribution in [1.82, 2.24) is 14.5 Å². The summed E-state index contributed by atoms with van der Waals surface area (Å²) in [5.74, 6) is 0.0752. The molecule has 0 spiro atoms. The monoisotopic (exact) mass is 568 g/mol. The van der Waals surface area contributed by atoms with Crippen molar-refractivity contribution in [3.63, 3.8) is 0 Å². The molecule has 10 nitrogen and oxygen atoms in total. The van der Waals surface area contributed by atoms with E-state index in [9.17, 15) is 18.0 Å². The van der Waals surface area contributed by atoms with Gasteiger partial charge in [-0.1, -0.05) is 35.3 Å². The zero-order chi connectivity index (χ0) is 26.9. The number of rotatable bonds is 8. The van der Waals surface area contributed by atoms with Crippen molar-refractivity contribution in [3.8, 4) is 5.75 Å². The molecule has 3 aromatic rings. The van der Waals surface area contributed by atoms with E-state index in [-0.39, 0.29) is 33.5 Å². The lowest BCUT2D eigenvalue weighted by Gasteiger charge is -2.31. The molecule has 0 radical (unpaired) electrons. The Kier molecular flexibility index (Phi) is 8.00. The topological polar surface area (TPSA) is 121 Å². The van der Waals surface area contributed by atoms with E-state index in [1.165, 1.54) is 24.1 Å². The summed E-state index contributed by atoms with van der Waals surface area (Å²) in [6, 6.07) is 7.95. The number of ether oxygens (including phenoxy) is 1. The van der Waals surface area contributed by atoms with Crippen LogP contribution in [0.5, 0.6) is 5.75 Å². The van der Waals surface area contributed by atoms with Gasteiger partial charge in [0, 0.05) is 51.1 Å². The van der Waals surface area contributed by atoms with Gasteiger partial charge in [-0.3, -0.25) is 9.62 Å². The highest BCUT2D eigenvalue weighted by molar-refractivity contribution is 7.90. The van der Waals surface area contributed by atoms with Crippen LogP contribution in [-0.4, -0.2) is 58.5 Å². The Labute approximate surface area is 224 Å². The second-order valence-electron chi connectivity index (χ2n) is 8.78. The van der Waals surface area contributed by atoms with Crippen LogP contribution in [0.4, 0.5) is 10.5 Å². The van der Waals surface area contributed by atoms with Gasteiger partial charge in [0.1, 0.15) is 5.58 Å². The first-order valence-electron chi connectivity index (χ1n) is 11.4. The minimum atomic E-state index is -3.79. The lowest BCUT2D eigenvalue weighted by molar-refractivity contribution is 0.172. The Bertz CT molecular complexity index is 1520. The van der Waals surface area contributed by atoms with Crippen LogP contribution in [-0.2, 0) is 23.2 Å². The highest BCUT2D eigenvalue weighted by atomic mass is 35.5. The molecule has 1 saturated heterocycles. The van der Waals surface area contributed by atoms with Gasteiger partial charge in [0.2, 0.25) is 0 Å². The summed E-state index contributed by atoms with van der Waals surface area (Å²) in [6.07, 6.45) is 0.536. The molecule has 2 N–H and O–H groups in total. The standard InChI is InChI=1S/C24H26Cl2N4O6S/c1-27-37(33,34)28-19-7-4-6-14(22(19)26)10-16-17(13-30-8-5-9-30)15-11-18(25)21(36-24(32)29(2)3)12-20(15)35-23(16)31/h4,6-7,11-12,27-28H,5,8-10,13H2,1-3H3. The van der Waals surface area contributed by atoms with E-state index in [1.807, 2.05) is 0 Å². The molecule has 198 valence electrons. The maximum atomic E-state index is 13.2. The average Bonchev–Trinajstić information content (AvgIpc) is 2.81. The molecule has 0 saturated carbocycles. The Morgan fingerprint density at radius 2 is 1.92 bits per heavy atom. The second kappa shape index (κ2) is 10.9. The number of carbonyl (C=O) groups is 1. The fourth-order valence-corrected chi connectivity index (χ4v) is 4.93. The zero-order valence-corrected chi connectivity index (χ0v) is 22.8. The maximum Gasteiger partial charge on any atom is 0.414 e. The van der Waals surface area contributed by atoms with Crippen molar-refractivity contribution in [1.29, 1.82) is 0 Å². The Hall–Kier alpha value is -2.83. The first-order valence-corrected chi connectivity index (χ1v) is 13.6. The highest BCUT2D eigenvalue weighted by Crippen LogP contribution is 2.35. The number of anilines is 1. The van der Waals surface area contributed by atoms with Crippen LogP contribution in [0, 0.1) is 0 Å². The van der Waals surface area contributed by atoms with Crippen molar-refractivity contribution in [3.05, 3.63) is 67.5 Å². The number of halogens is 2. The number of nitrogens with zero attached hydrogens (tertiary/aromatic N) is 2. The number of benzene rings is 2. The van der Waals surface area contributed by atoms with E-state index in [0.717, 1.165) is 25.1 Å². The summed E-state index contributed by atoms with van der Waals surface area (Å²) in [5, 5.41) is 0.966. The van der Waals surface area contributed by atoms with Gasteiger partial charge in [-0.15, -0.1) is 0 Å². The summed E-state index contributed by atoms with van der Waals surface area (Å²) in [7, 11) is 0.570. The predicted octanol–water partition coefficient (Wildman–Crippen LogP) is 3.83. The van der Waals surface area contributed by atoms with Gasteiger partial charge >= 0.3 is 11.7 Å². The van der Waals surface area contributed by atoms with Crippen molar-refractivity contribution in [2.24, 2.45) is 0 Å². The first-order chi connectivity index (χ1) is 17.5. The molecule has 0 aliphatic carbocycles. The highest BCUT2D eigenvalue weighted by Gasteiger charge is 2.24. The van der Waals surface area contributed by atoms with E-state index >= 15 is 0 Å². The Balaban J connectivity index is 1.81. The van der Waals surface area contributed by atoms with Crippen molar-refractivity contribution < 1.29 is 22.4 Å². The lowest BCUT2D eigenvalue weighted by atomic mass is 9.97. The molecule has 2 heterocycles. The molecule has 1 fully saturated rings. The molecule has 1 amide bonds. The van der Waals surface area contributed by atoms with E-state index in [1.54, 1.807) is 32.3 Å². The summed E-state index contributed by atoms with van der Waals surface area (Å²) in [5.41, 5.74) is 1.47. The summed E-state index contributed by atoms with van der Waals surface area (Å²) < 4.78 is 39.4. The van der Waals surface area contributed by atoms with E-state index in [2.05, 4.69) is 14.3 Å². The van der Waals surface area contributed by atoms with Gasteiger partial charge in [-0.25, -0.2) is 14.3 Å². The van der Waals surface area contributed by atoms with Gasteiger partial charge < -0.3 is 14.1 Å². The fourth-order valence-electron chi connectivity index (χ4n) is 3.87. The molecule has 13 heteroatoms. The molecular weight excluding hydrogens is 543 g/mol. The Morgan fingerprint density at radius 1 is 1.19 bits per heavy atom. The van der Waals surface area contributed by atoms with Crippen LogP contribution >= 0.6 is 23.2 Å². The lowest BCUT2D eigenvalue weighted by Crippen LogP contribution is -2.37. The van der Waals surface area contributed by atoms with Crippen LogP contribution in [0.3, 0.4) is 0 Å². The Morgan fingerprint density at radius 3 is 2.54 bits per heavy atom. The fraction of sp³-hybridized carbons (Fsp3) is 0.333. The average molecular weight is 569 g/mol. The van der Waals surface area contributed by atoms with E-state index in [4.69, 9.17) is 32.4 Å². The van der Waals surface area contributed by atoms with Gasteiger partial charge in [-0.2, -0.15) is 8.42 Å². The van der Waals surface area contributed by atoms with E-state index in [0.29, 0.717) is 23.1 Å². The normalized spacial score (nSPS) is 13.9. The van der Waals surface area contributed by atoms with Gasteiger partial charge in [0.25, 0.3) is 10.2 Å². The van der Waals surface area contributed by atoms with Crippen LogP contribution in [0.1, 0.15) is 23.1 Å². The molecule has 1 aliphatic rings. The number of carbonyl (C=O) groups excluding carboxylic acids is 1. The second-order valence-corrected chi connectivity index (χ2v) is 11.2. The summed E-state index contributed by atoms with van der Waals surface area (Å²) >= 11 is 13.0. The molecule has 0 bridgehead atoms. The third-order valence-electron chi connectivity index (χ3n) is 6.02. The molecule has 2 aromatic carbocycles. The molecule has 37 heavy (non-hydrogen) atoms. The van der Waals surface area contributed by atoms with Gasteiger partial charge in [-0.05, 0) is 42.8 Å². The molecule has 1 aliphatic heterocycles. The van der Waals surface area contributed by atoms with Crippen molar-refractivity contribution >= 4 is 56.2 Å². The minimum Gasteiger partial charge on any atom is -0.422 e. The third-order valence-corrected chi connectivity index (χ3v) is 7.79. The zero-order valence-electron chi connectivity index (χ0n) is 20.4. The minimum absolute atomic E-state index is 0.0752. The predicted molar refractivity (Wildman–Crippen MR) is 143 cm³/mol. The quantitative estimate of drug-likeness (QED) is 0.396. The number of nitrogens with one attached hydrogen (secondary N) is 2. The SMILES string of the molecule is CNS(=O)(=O)Nc1cccc(Cc2c(CN3CCC3)c3cc(Cl)c(OC(=O)N(C)C)cc3oc2=O)c1Cl. The van der Waals surface area contributed by atoms with Crippen molar-refractivity contribution in [2.75, 3.05) is 39.0 Å². The van der Waals surface area contributed by atoms with E-state index < -0.39 is 21.9 Å². The maximum absolute atomic E-state index is 13.2. The van der Waals surface area contributed by atoms with Crippen LogP contribution in [0.2, 0.25) is 10.0 Å². The number of amides is 1. The number of hydrogen-bond acceptors (Lipinski definition) is 7. The molecule has 1 aromatic heterocycles. The molecular formula is C24H26Cl2N4O6S.